The van der Waals surface area contributed by atoms with Gasteiger partial charge in [-0.3, -0.25) is 4.57 Å². The van der Waals surface area contributed by atoms with E-state index in [9.17, 15) is 28.9 Å². The lowest BCUT2D eigenvalue weighted by Crippen LogP contribution is -2.42. The molecule has 2 unspecified atom stereocenters. The first kappa shape index (κ1) is 26.4. The lowest BCUT2D eigenvalue weighted by molar-refractivity contribution is -0.143. The van der Waals surface area contributed by atoms with Crippen molar-refractivity contribution in [1.29, 1.82) is 0 Å². The van der Waals surface area contributed by atoms with Crippen LogP contribution < -0.4 is 5.32 Å². The zero-order valence-electron chi connectivity index (χ0n) is 17.6. The molecule has 1 aromatic rings. The topological polar surface area (TPSA) is 148 Å². The van der Waals surface area contributed by atoms with Crippen LogP contribution in [0.1, 0.15) is 25.8 Å². The van der Waals surface area contributed by atoms with Gasteiger partial charge >= 0.3 is 18.0 Å². The number of hydrogen-bond acceptors (Lipinski definition) is 8. The van der Waals surface area contributed by atoms with Gasteiger partial charge in [-0.15, -0.1) is 0 Å². The monoisotopic (exact) mass is 457 g/mol. The third-order valence-corrected chi connectivity index (χ3v) is 6.22. The number of nitrogens with one attached hydrogen (secondary N) is 1. The van der Waals surface area contributed by atoms with Gasteiger partial charge in [0.25, 0.3) is 0 Å². The second-order valence-electron chi connectivity index (χ2n) is 6.56. The van der Waals surface area contributed by atoms with Crippen LogP contribution in [0.5, 0.6) is 0 Å². The van der Waals surface area contributed by atoms with Gasteiger partial charge in [0.1, 0.15) is 12.6 Å². The second-order valence-corrected chi connectivity index (χ2v) is 9.01. The fourth-order valence-corrected chi connectivity index (χ4v) is 4.08. The standard InChI is InChI=1S/C20H28NO9P/c1-4-29-17(22)12-14(2)19(24)31(26,27)11-10-16(18(23)28-3)21-20(25)30-13-15-8-6-5-7-9-15/h5-9,12,16,19,24H,4,10-11,13H2,1-3H3,(H,21,25)(H,26,27)/b14-12+/t16-,19?/m0/s1. The Morgan fingerprint density at radius 3 is 2.42 bits per heavy atom. The predicted octanol–water partition coefficient (Wildman–Crippen LogP) is 1.94. The molecule has 0 aliphatic rings. The summed E-state index contributed by atoms with van der Waals surface area (Å²) >= 11 is 0. The van der Waals surface area contributed by atoms with E-state index in [2.05, 4.69) is 10.1 Å². The summed E-state index contributed by atoms with van der Waals surface area (Å²) in [7, 11) is -3.14. The molecule has 0 radical (unpaired) electrons. The fourth-order valence-electron chi connectivity index (χ4n) is 2.50. The van der Waals surface area contributed by atoms with E-state index in [0.717, 1.165) is 18.7 Å². The molecular weight excluding hydrogens is 429 g/mol. The minimum absolute atomic E-state index is 0.0321. The summed E-state index contributed by atoms with van der Waals surface area (Å²) in [4.78, 5) is 45.6. The van der Waals surface area contributed by atoms with Crippen LogP contribution in [0.15, 0.2) is 42.0 Å². The molecule has 0 aromatic heterocycles. The molecule has 1 rings (SSSR count). The maximum Gasteiger partial charge on any atom is 0.408 e. The number of amides is 1. The number of aliphatic hydroxyl groups is 1. The summed E-state index contributed by atoms with van der Waals surface area (Å²) in [5.74, 6) is -3.43. The molecule has 10 nitrogen and oxygen atoms in total. The van der Waals surface area contributed by atoms with Crippen molar-refractivity contribution < 1.29 is 43.2 Å². The second kappa shape index (κ2) is 12.9. The highest BCUT2D eigenvalue weighted by atomic mass is 31.2. The number of ether oxygens (including phenoxy) is 3. The van der Waals surface area contributed by atoms with Crippen LogP contribution in [-0.2, 0) is 35.0 Å². The summed E-state index contributed by atoms with van der Waals surface area (Å²) in [6, 6.07) is 7.59. The Hall–Kier alpha value is -2.68. The summed E-state index contributed by atoms with van der Waals surface area (Å²) in [6.45, 7) is 2.98. The van der Waals surface area contributed by atoms with E-state index >= 15 is 0 Å². The predicted molar refractivity (Wildman–Crippen MR) is 111 cm³/mol. The number of aliphatic hydroxyl groups excluding tert-OH is 1. The van der Waals surface area contributed by atoms with Gasteiger partial charge in [-0.1, -0.05) is 30.3 Å². The van der Waals surface area contributed by atoms with Crippen LogP contribution in [0.2, 0.25) is 0 Å². The lowest BCUT2D eigenvalue weighted by Gasteiger charge is -2.22. The van der Waals surface area contributed by atoms with Crippen LogP contribution in [0.4, 0.5) is 4.79 Å². The Morgan fingerprint density at radius 2 is 1.84 bits per heavy atom. The number of esters is 2. The Labute approximate surface area is 180 Å². The normalized spacial score (nSPS) is 15.2. The number of alkyl carbamates (subject to hydrolysis) is 1. The van der Waals surface area contributed by atoms with Crippen molar-refractivity contribution in [1.82, 2.24) is 5.32 Å². The SMILES string of the molecule is CCOC(=O)/C=C(\C)C(O)P(=O)(O)CC[C@H](NC(=O)OCc1ccccc1)C(=O)OC. The largest absolute Gasteiger partial charge is 0.467 e. The van der Waals surface area contributed by atoms with Gasteiger partial charge in [0.15, 0.2) is 5.85 Å². The Morgan fingerprint density at radius 1 is 1.19 bits per heavy atom. The van der Waals surface area contributed by atoms with E-state index in [-0.39, 0.29) is 25.2 Å². The summed E-state index contributed by atoms with van der Waals surface area (Å²) in [6.07, 6.45) is -0.814. The molecule has 172 valence electrons. The van der Waals surface area contributed by atoms with Crippen LogP contribution in [-0.4, -0.2) is 59.8 Å². The average molecular weight is 457 g/mol. The third-order valence-electron chi connectivity index (χ3n) is 4.15. The first-order chi connectivity index (χ1) is 14.6. The molecule has 3 N–H and O–H groups in total. The maximum absolute atomic E-state index is 12.5. The van der Waals surface area contributed by atoms with Crippen molar-refractivity contribution >= 4 is 25.4 Å². The van der Waals surface area contributed by atoms with Crippen molar-refractivity contribution in [3.8, 4) is 0 Å². The Balaban J connectivity index is 2.71. The molecule has 0 spiro atoms. The van der Waals surface area contributed by atoms with E-state index in [1.54, 1.807) is 31.2 Å². The summed E-state index contributed by atoms with van der Waals surface area (Å²) < 4.78 is 26.9. The Bertz CT molecular complexity index is 825. The molecule has 3 atom stereocenters. The number of hydrogen-bond donors (Lipinski definition) is 3. The fraction of sp³-hybridized carbons (Fsp3) is 0.450. The number of carbonyl (C=O) groups excluding carboxylic acids is 3. The molecule has 0 saturated carbocycles. The maximum atomic E-state index is 12.5. The van der Waals surface area contributed by atoms with Crippen LogP contribution in [0, 0.1) is 0 Å². The minimum atomic E-state index is -4.25. The lowest BCUT2D eigenvalue weighted by atomic mass is 10.2. The van der Waals surface area contributed by atoms with Gasteiger partial charge in [0, 0.05) is 12.2 Å². The van der Waals surface area contributed by atoms with E-state index in [4.69, 9.17) is 9.47 Å². The highest BCUT2D eigenvalue weighted by molar-refractivity contribution is 7.58. The van der Waals surface area contributed by atoms with Crippen LogP contribution >= 0.6 is 7.37 Å². The van der Waals surface area contributed by atoms with Crippen molar-refractivity contribution in [2.75, 3.05) is 19.9 Å². The zero-order chi connectivity index (χ0) is 23.4. The first-order valence-electron chi connectivity index (χ1n) is 9.50. The van der Waals surface area contributed by atoms with Crippen molar-refractivity contribution in [3.63, 3.8) is 0 Å². The first-order valence-corrected chi connectivity index (χ1v) is 11.4. The quantitative estimate of drug-likeness (QED) is 0.196. The van der Waals surface area contributed by atoms with Crippen molar-refractivity contribution in [3.05, 3.63) is 47.5 Å². The number of methoxy groups -OCH3 is 1. The number of carbonyl (C=O) groups is 3. The molecule has 0 aliphatic carbocycles. The van der Waals surface area contributed by atoms with Gasteiger partial charge < -0.3 is 29.5 Å². The molecule has 1 aromatic carbocycles. The smallest absolute Gasteiger partial charge is 0.408 e. The van der Waals surface area contributed by atoms with E-state index in [0.29, 0.717) is 0 Å². The molecule has 0 heterocycles. The number of benzene rings is 1. The molecule has 0 fully saturated rings. The average Bonchev–Trinajstić information content (AvgIpc) is 2.74. The summed E-state index contributed by atoms with van der Waals surface area (Å²) in [5, 5.41) is 12.4. The Kier molecular flexibility index (Phi) is 11.0. The summed E-state index contributed by atoms with van der Waals surface area (Å²) in [5.41, 5.74) is 0.674. The zero-order valence-corrected chi connectivity index (χ0v) is 18.5. The van der Waals surface area contributed by atoms with E-state index < -0.39 is 43.4 Å². The van der Waals surface area contributed by atoms with Gasteiger partial charge in [-0.2, -0.15) is 0 Å². The third kappa shape index (κ3) is 9.33. The van der Waals surface area contributed by atoms with Gasteiger partial charge in [-0.05, 0) is 31.4 Å². The van der Waals surface area contributed by atoms with Crippen molar-refractivity contribution in [2.24, 2.45) is 0 Å². The van der Waals surface area contributed by atoms with Gasteiger partial charge in [0.2, 0.25) is 7.37 Å². The highest BCUT2D eigenvalue weighted by Gasteiger charge is 2.33. The van der Waals surface area contributed by atoms with Gasteiger partial charge in [0.05, 0.1) is 13.7 Å². The van der Waals surface area contributed by atoms with Crippen LogP contribution in [0.3, 0.4) is 0 Å². The van der Waals surface area contributed by atoms with Gasteiger partial charge in [-0.25, -0.2) is 14.4 Å². The van der Waals surface area contributed by atoms with Crippen LogP contribution in [0.25, 0.3) is 0 Å². The molecule has 0 saturated heterocycles. The molecular formula is C20H28NO9P. The molecule has 11 heteroatoms. The highest BCUT2D eigenvalue weighted by Crippen LogP contribution is 2.48. The molecule has 31 heavy (non-hydrogen) atoms. The molecule has 0 bridgehead atoms. The van der Waals surface area contributed by atoms with Crippen molar-refractivity contribution in [2.45, 2.75) is 38.8 Å². The molecule has 0 aliphatic heterocycles. The molecule has 1 amide bonds. The minimum Gasteiger partial charge on any atom is -0.467 e. The van der Waals surface area contributed by atoms with E-state index in [1.807, 2.05) is 6.07 Å². The van der Waals surface area contributed by atoms with E-state index in [1.165, 1.54) is 6.92 Å². The number of rotatable bonds is 11.